The maximum atomic E-state index is 13.9. The number of pyridine rings is 1. The number of benzene rings is 3. The fraction of sp³-hybridized carbons (Fsp3) is 0.140. The first kappa shape index (κ1) is 38.6. The molecule has 15 nitrogen and oxygen atoms in total. The van der Waals surface area contributed by atoms with Crippen LogP contribution < -0.4 is 11.1 Å². The first-order chi connectivity index (χ1) is 29.9. The molecule has 10 aromatic rings. The van der Waals surface area contributed by atoms with E-state index in [9.17, 15) is 9.59 Å². The Morgan fingerprint density at radius 3 is 1.90 bits per heavy atom. The first-order valence-electron chi connectivity index (χ1n) is 19.2. The Hall–Kier alpha value is -6.63. The number of nitrogens with zero attached hydrogens (tertiary/aromatic N) is 11. The van der Waals surface area contributed by atoms with E-state index in [1.54, 1.807) is 15.3 Å². The molecule has 0 saturated carbocycles. The molecule has 0 amide bonds. The molecule has 0 aliphatic heterocycles. The Morgan fingerprint density at radius 1 is 0.574 bits per heavy atom. The van der Waals surface area contributed by atoms with Crippen molar-refractivity contribution in [1.82, 2.24) is 64.0 Å². The van der Waals surface area contributed by atoms with Gasteiger partial charge in [-0.1, -0.05) is 94.1 Å². The molecule has 0 saturated heterocycles. The van der Waals surface area contributed by atoms with Gasteiger partial charge in [-0.3, -0.25) is 18.7 Å². The number of imidazole rings is 2. The van der Waals surface area contributed by atoms with Gasteiger partial charge >= 0.3 is 0 Å². The number of aryl methyl sites for hydroxylation is 2. The lowest BCUT2D eigenvalue weighted by atomic mass is 10.0. The molecule has 2 N–H and O–H groups in total. The number of nitrogens with one attached hydrogen (secondary N) is 2. The summed E-state index contributed by atoms with van der Waals surface area (Å²) in [6.07, 6.45) is 9.06. The molecule has 0 unspecified atom stereocenters. The van der Waals surface area contributed by atoms with E-state index >= 15 is 0 Å². The average molecular weight is 907 g/mol. The molecular formula is C43H32BrN13O2S2. The van der Waals surface area contributed by atoms with E-state index in [1.807, 2.05) is 72.8 Å². The molecule has 0 aliphatic carbocycles. The van der Waals surface area contributed by atoms with E-state index < -0.39 is 0 Å². The summed E-state index contributed by atoms with van der Waals surface area (Å²) >= 11 is 6.35. The van der Waals surface area contributed by atoms with Gasteiger partial charge < -0.3 is 9.97 Å². The molecule has 0 radical (unpaired) electrons. The quantitative estimate of drug-likeness (QED) is 0.0864. The van der Waals surface area contributed by atoms with Gasteiger partial charge in [0, 0.05) is 54.1 Å². The second kappa shape index (κ2) is 16.8. The number of rotatable bonds is 13. The topological polar surface area (TPSA) is 192 Å². The fourth-order valence-corrected chi connectivity index (χ4v) is 9.26. The molecular weight excluding hydrogens is 875 g/mol. The number of halogens is 1. The second-order valence-electron chi connectivity index (χ2n) is 14.0. The van der Waals surface area contributed by atoms with Crippen LogP contribution in [-0.4, -0.2) is 64.0 Å². The largest absolute Gasteiger partial charge is 0.341 e. The van der Waals surface area contributed by atoms with Gasteiger partial charge in [-0.15, -0.1) is 0 Å². The van der Waals surface area contributed by atoms with Crippen LogP contribution in [0.5, 0.6) is 0 Å². The number of aromatic amines is 2. The Bertz CT molecular complexity index is 3370. The van der Waals surface area contributed by atoms with Gasteiger partial charge in [0.25, 0.3) is 11.1 Å². The third-order valence-corrected chi connectivity index (χ3v) is 12.5. The monoisotopic (exact) mass is 905 g/mol. The van der Waals surface area contributed by atoms with Crippen LogP contribution in [0.25, 0.3) is 55.7 Å². The molecule has 3 aromatic carbocycles. The predicted molar refractivity (Wildman–Crippen MR) is 239 cm³/mol. The number of fused-ring (bicyclic) bond motifs is 4. The zero-order valence-electron chi connectivity index (χ0n) is 32.1. The highest BCUT2D eigenvalue weighted by atomic mass is 79.9. The smallest absolute Gasteiger partial charge is 0.282 e. The molecule has 7 heterocycles. The summed E-state index contributed by atoms with van der Waals surface area (Å²) in [5.74, 6) is 2.34. The van der Waals surface area contributed by atoms with E-state index in [0.29, 0.717) is 70.5 Å². The van der Waals surface area contributed by atoms with Crippen LogP contribution in [0, 0.1) is 0 Å². The summed E-state index contributed by atoms with van der Waals surface area (Å²) in [6.45, 7) is 0.813. The predicted octanol–water partition coefficient (Wildman–Crippen LogP) is 7.33. The Morgan fingerprint density at radius 2 is 1.20 bits per heavy atom. The van der Waals surface area contributed by atoms with Crippen molar-refractivity contribution >= 4 is 84.0 Å². The Kier molecular flexibility index (Phi) is 10.6. The van der Waals surface area contributed by atoms with Crippen LogP contribution in [0.2, 0.25) is 0 Å². The SMILES string of the molecule is O=c1c2nccnc2nc(SCc2nc3ccc(Br)cc3[nH]2)n1CCc1cccc(-c2ccnc3nc(CSc4nc5nccnc5c(=O)n4CCc4ccccc4)[nH]c23)c1. The standard InChI is InChI=1S/C43H32BrN13O2S2/c44-28-9-10-30-31(22-28)51-32(50-30)23-60-43-55-39-36(46-16-18-49-39)41(59)57(43)20-13-26-7-4-8-27(21-26)29-11-14-47-37-34(29)52-33(53-37)24-61-42-54-38-35(45-15-17-48-38)40(58)56(42)19-12-25-5-2-1-3-6-25/h1-11,14-18,21-22H,12-13,19-20,23-24H2,(H,50,51)(H,47,52,53). The van der Waals surface area contributed by atoms with Gasteiger partial charge in [-0.25, -0.2) is 44.9 Å². The maximum absolute atomic E-state index is 13.9. The van der Waals surface area contributed by atoms with Crippen molar-refractivity contribution in [2.45, 2.75) is 47.7 Å². The summed E-state index contributed by atoms with van der Waals surface area (Å²) in [5, 5.41) is 1.07. The molecule has 0 fully saturated rings. The van der Waals surface area contributed by atoms with Crippen molar-refractivity contribution < 1.29 is 0 Å². The summed E-state index contributed by atoms with van der Waals surface area (Å²) in [6, 6.07) is 26.1. The summed E-state index contributed by atoms with van der Waals surface area (Å²) in [4.78, 5) is 75.2. The van der Waals surface area contributed by atoms with Crippen LogP contribution in [0.15, 0.2) is 134 Å². The molecule has 61 heavy (non-hydrogen) atoms. The third kappa shape index (κ3) is 8.04. The number of thioether (sulfide) groups is 2. The molecule has 0 bridgehead atoms. The van der Waals surface area contributed by atoms with Crippen molar-refractivity contribution in [3.63, 3.8) is 0 Å². The fourth-order valence-electron chi connectivity index (χ4n) is 7.13. The van der Waals surface area contributed by atoms with Crippen molar-refractivity contribution in [2.24, 2.45) is 0 Å². The van der Waals surface area contributed by atoms with E-state index in [1.165, 1.54) is 48.3 Å². The second-order valence-corrected chi connectivity index (χ2v) is 16.8. The van der Waals surface area contributed by atoms with E-state index in [-0.39, 0.29) is 22.2 Å². The van der Waals surface area contributed by atoms with Gasteiger partial charge in [-0.05, 0) is 53.8 Å². The zero-order valence-corrected chi connectivity index (χ0v) is 35.3. The Labute approximate surface area is 362 Å². The molecule has 10 rings (SSSR count). The maximum Gasteiger partial charge on any atom is 0.282 e. The van der Waals surface area contributed by atoms with Crippen LogP contribution in [0.1, 0.15) is 22.8 Å². The lowest BCUT2D eigenvalue weighted by molar-refractivity contribution is 0.592. The zero-order chi connectivity index (χ0) is 41.3. The normalized spacial score (nSPS) is 11.7. The third-order valence-electron chi connectivity index (χ3n) is 10.1. The first-order valence-corrected chi connectivity index (χ1v) is 22.0. The summed E-state index contributed by atoms with van der Waals surface area (Å²) in [7, 11) is 0. The van der Waals surface area contributed by atoms with E-state index in [4.69, 9.17) is 19.9 Å². The van der Waals surface area contributed by atoms with Gasteiger partial charge in [0.15, 0.2) is 38.3 Å². The van der Waals surface area contributed by atoms with Crippen LogP contribution >= 0.6 is 39.5 Å². The van der Waals surface area contributed by atoms with Crippen molar-refractivity contribution in [3.05, 3.63) is 158 Å². The van der Waals surface area contributed by atoms with E-state index in [2.05, 4.69) is 56.9 Å². The number of hydrogen-bond acceptors (Lipinski definition) is 13. The number of H-pyrrole nitrogens is 2. The van der Waals surface area contributed by atoms with Crippen LogP contribution in [0.3, 0.4) is 0 Å². The highest BCUT2D eigenvalue weighted by Crippen LogP contribution is 2.30. The molecule has 0 spiro atoms. The number of hydrogen-bond donors (Lipinski definition) is 2. The number of aromatic nitrogens is 13. The minimum absolute atomic E-state index is 0.224. The molecule has 7 aromatic heterocycles. The highest BCUT2D eigenvalue weighted by Gasteiger charge is 2.18. The van der Waals surface area contributed by atoms with Gasteiger partial charge in [0.2, 0.25) is 0 Å². The molecule has 0 aliphatic rings. The lowest BCUT2D eigenvalue weighted by Gasteiger charge is -2.13. The van der Waals surface area contributed by atoms with Crippen LogP contribution in [-0.2, 0) is 37.4 Å². The minimum atomic E-state index is -0.246. The molecule has 300 valence electrons. The van der Waals surface area contributed by atoms with Crippen LogP contribution in [0.4, 0.5) is 0 Å². The van der Waals surface area contributed by atoms with Crippen molar-refractivity contribution in [3.8, 4) is 11.1 Å². The van der Waals surface area contributed by atoms with Crippen molar-refractivity contribution in [1.29, 1.82) is 0 Å². The molecule has 18 heteroatoms. The lowest BCUT2D eigenvalue weighted by Crippen LogP contribution is -2.25. The van der Waals surface area contributed by atoms with E-state index in [0.717, 1.165) is 49.1 Å². The minimum Gasteiger partial charge on any atom is -0.341 e. The average Bonchev–Trinajstić information content (AvgIpc) is 3.91. The molecule has 0 atom stereocenters. The van der Waals surface area contributed by atoms with Crippen molar-refractivity contribution in [2.75, 3.05) is 0 Å². The van der Waals surface area contributed by atoms with Gasteiger partial charge in [0.05, 0.1) is 28.1 Å². The van der Waals surface area contributed by atoms with Gasteiger partial charge in [0.1, 0.15) is 11.6 Å². The Balaban J connectivity index is 0.893. The summed E-state index contributed by atoms with van der Waals surface area (Å²) in [5.41, 5.74) is 7.80. The van der Waals surface area contributed by atoms with Gasteiger partial charge in [-0.2, -0.15) is 0 Å². The highest BCUT2D eigenvalue weighted by molar-refractivity contribution is 9.10. The summed E-state index contributed by atoms with van der Waals surface area (Å²) < 4.78 is 4.31.